The minimum absolute atomic E-state index is 0.0375. The van der Waals surface area contributed by atoms with Crippen LogP contribution in [0.5, 0.6) is 5.75 Å². The number of ether oxygens (including phenoxy) is 1. The summed E-state index contributed by atoms with van der Waals surface area (Å²) in [6.45, 7) is 0.505. The summed E-state index contributed by atoms with van der Waals surface area (Å²) in [7, 11) is 1.93. The van der Waals surface area contributed by atoms with Crippen LogP contribution in [0.3, 0.4) is 0 Å². The summed E-state index contributed by atoms with van der Waals surface area (Å²) in [5.41, 5.74) is 3.89. The number of nitrogens with one attached hydrogen (secondary N) is 2. The van der Waals surface area contributed by atoms with Gasteiger partial charge in [-0.15, -0.1) is 0 Å². The van der Waals surface area contributed by atoms with E-state index >= 15 is 0 Å². The van der Waals surface area contributed by atoms with Crippen molar-refractivity contribution in [2.24, 2.45) is 12.5 Å². The molecule has 0 saturated heterocycles. The van der Waals surface area contributed by atoms with E-state index in [0.717, 1.165) is 59.0 Å². The van der Waals surface area contributed by atoms with E-state index in [1.165, 1.54) is 0 Å². The van der Waals surface area contributed by atoms with E-state index in [1.807, 2.05) is 90.5 Å². The van der Waals surface area contributed by atoms with Gasteiger partial charge >= 0.3 is 0 Å². The third-order valence-corrected chi connectivity index (χ3v) is 8.66. The molecule has 2 aliphatic carbocycles. The number of carbonyl (C=O) groups is 1. The predicted octanol–water partition coefficient (Wildman–Crippen LogP) is 5.45. The number of aromatic amines is 1. The van der Waals surface area contributed by atoms with Crippen molar-refractivity contribution in [2.45, 2.75) is 44.2 Å². The van der Waals surface area contributed by atoms with Crippen LogP contribution in [0.1, 0.15) is 53.3 Å². The van der Waals surface area contributed by atoms with Crippen molar-refractivity contribution in [3.05, 3.63) is 106 Å². The van der Waals surface area contributed by atoms with Crippen LogP contribution >= 0.6 is 0 Å². The highest BCUT2D eigenvalue weighted by Gasteiger charge is 2.54. The van der Waals surface area contributed by atoms with Crippen molar-refractivity contribution in [1.29, 1.82) is 0 Å². The van der Waals surface area contributed by atoms with Gasteiger partial charge in [-0.2, -0.15) is 5.10 Å². The molecule has 0 atom stereocenters. The van der Waals surface area contributed by atoms with E-state index in [9.17, 15) is 9.59 Å². The number of nitrogens with zero attached hydrogens (tertiary/aromatic N) is 2. The van der Waals surface area contributed by atoms with Gasteiger partial charge in [0.15, 0.2) is 0 Å². The summed E-state index contributed by atoms with van der Waals surface area (Å²) in [6.07, 6.45) is 4.06. The number of amides is 1. The summed E-state index contributed by atoms with van der Waals surface area (Å²) < 4.78 is 7.93. The van der Waals surface area contributed by atoms with E-state index < -0.39 is 0 Å². The Morgan fingerprint density at radius 1 is 1.00 bits per heavy atom. The Morgan fingerprint density at radius 2 is 1.74 bits per heavy atom. The molecule has 2 aliphatic rings. The lowest BCUT2D eigenvalue weighted by atomic mass is 9.49. The molecule has 0 unspecified atom stereocenters. The monoisotopic (exact) mass is 518 g/mol. The predicted molar refractivity (Wildman–Crippen MR) is 151 cm³/mol. The highest BCUT2D eigenvalue weighted by Crippen LogP contribution is 2.62. The molecule has 7 heteroatoms. The standard InChI is InChI=1S/C32H30N4O3/c1-36-27-12-11-24(39-19-20-7-3-2-4-8-20)13-21(27)14-28(36)31(38)33-23-17-32(18-23)15-22(16-32)29-25-9-5-6-10-26(25)30(37)35-34-29/h2-14,22-23H,15-19H2,1H3,(H,33,38)(H,35,37)/t22-,23-,32?. The molecular formula is C32H30N4O3. The summed E-state index contributed by atoms with van der Waals surface area (Å²) in [6, 6.07) is 25.9. The van der Waals surface area contributed by atoms with E-state index in [4.69, 9.17) is 4.74 Å². The minimum Gasteiger partial charge on any atom is -0.489 e. The van der Waals surface area contributed by atoms with Crippen LogP contribution < -0.4 is 15.6 Å². The van der Waals surface area contributed by atoms with Crippen molar-refractivity contribution in [3.8, 4) is 5.75 Å². The first-order valence-electron chi connectivity index (χ1n) is 13.5. The maximum atomic E-state index is 13.2. The third-order valence-electron chi connectivity index (χ3n) is 8.66. The van der Waals surface area contributed by atoms with Crippen molar-refractivity contribution in [2.75, 3.05) is 0 Å². The van der Waals surface area contributed by atoms with Crippen LogP contribution in [0.25, 0.3) is 21.7 Å². The number of hydrogen-bond donors (Lipinski definition) is 2. The molecule has 7 nitrogen and oxygen atoms in total. The van der Waals surface area contributed by atoms with E-state index in [0.29, 0.717) is 23.6 Å². The molecule has 196 valence electrons. The SMILES string of the molecule is Cn1c(C(=O)N[C@H]2CC3(C2)C[C@H](c2n[nH]c(=O)c4ccccc42)C3)cc2cc(OCc3ccccc3)ccc21. The average Bonchev–Trinajstić information content (AvgIpc) is 3.25. The highest BCUT2D eigenvalue weighted by atomic mass is 16.5. The van der Waals surface area contributed by atoms with Gasteiger partial charge in [-0.05, 0) is 67.0 Å². The van der Waals surface area contributed by atoms with Crippen LogP contribution in [0.2, 0.25) is 0 Å². The zero-order valence-corrected chi connectivity index (χ0v) is 21.8. The number of hydrogen-bond acceptors (Lipinski definition) is 4. The Bertz CT molecular complexity index is 1760. The van der Waals surface area contributed by atoms with Gasteiger partial charge in [0.2, 0.25) is 0 Å². The molecule has 1 amide bonds. The summed E-state index contributed by atoms with van der Waals surface area (Å²) >= 11 is 0. The lowest BCUT2D eigenvalue weighted by Crippen LogP contribution is -2.55. The maximum absolute atomic E-state index is 13.2. The van der Waals surface area contributed by atoms with Crippen LogP contribution in [0.15, 0.2) is 83.7 Å². The number of aromatic nitrogens is 3. The van der Waals surface area contributed by atoms with Crippen molar-refractivity contribution < 1.29 is 9.53 Å². The Labute approximate surface area is 225 Å². The normalized spacial score (nSPS) is 22.0. The van der Waals surface area contributed by atoms with Gasteiger partial charge in [0, 0.05) is 35.3 Å². The fourth-order valence-electron chi connectivity index (χ4n) is 6.68. The lowest BCUT2D eigenvalue weighted by molar-refractivity contribution is -0.0197. The van der Waals surface area contributed by atoms with Crippen LogP contribution in [0.4, 0.5) is 0 Å². The molecule has 0 bridgehead atoms. The van der Waals surface area contributed by atoms with Gasteiger partial charge in [-0.1, -0.05) is 48.5 Å². The number of H-pyrrole nitrogens is 1. The Balaban J connectivity index is 0.981. The Morgan fingerprint density at radius 3 is 2.54 bits per heavy atom. The second kappa shape index (κ2) is 9.12. The zero-order chi connectivity index (χ0) is 26.6. The summed E-state index contributed by atoms with van der Waals surface area (Å²) in [5.74, 6) is 1.10. The van der Waals surface area contributed by atoms with Gasteiger partial charge in [0.25, 0.3) is 11.5 Å². The largest absolute Gasteiger partial charge is 0.489 e. The number of benzene rings is 3. The average molecular weight is 519 g/mol. The molecule has 0 aliphatic heterocycles. The minimum atomic E-state index is -0.140. The molecule has 2 aromatic heterocycles. The summed E-state index contributed by atoms with van der Waals surface area (Å²) in [4.78, 5) is 25.3. The Hall–Kier alpha value is -4.39. The molecule has 2 fully saturated rings. The third kappa shape index (κ3) is 4.18. The topological polar surface area (TPSA) is 89.0 Å². The van der Waals surface area contributed by atoms with Crippen LogP contribution in [-0.4, -0.2) is 26.7 Å². The first-order chi connectivity index (χ1) is 19.0. The molecule has 2 heterocycles. The smallest absolute Gasteiger partial charge is 0.272 e. The first-order valence-corrected chi connectivity index (χ1v) is 13.5. The Kier molecular flexibility index (Phi) is 5.54. The second-order valence-corrected chi connectivity index (χ2v) is 11.3. The van der Waals surface area contributed by atoms with Crippen molar-refractivity contribution in [1.82, 2.24) is 20.1 Å². The number of fused-ring (bicyclic) bond motifs is 2. The van der Waals surface area contributed by atoms with Crippen molar-refractivity contribution in [3.63, 3.8) is 0 Å². The highest BCUT2D eigenvalue weighted by molar-refractivity contribution is 5.99. The molecule has 39 heavy (non-hydrogen) atoms. The number of carbonyl (C=O) groups excluding carboxylic acids is 1. The van der Waals surface area contributed by atoms with Gasteiger partial charge in [0.05, 0.1) is 11.1 Å². The van der Waals surface area contributed by atoms with Gasteiger partial charge in [0.1, 0.15) is 18.1 Å². The van der Waals surface area contributed by atoms with Crippen LogP contribution in [0, 0.1) is 5.41 Å². The fraction of sp³-hybridized carbons (Fsp3) is 0.281. The van der Waals surface area contributed by atoms with Gasteiger partial charge in [-0.3, -0.25) is 9.59 Å². The molecule has 3 aromatic carbocycles. The quantitative estimate of drug-likeness (QED) is 0.313. The molecule has 2 N–H and O–H groups in total. The van der Waals surface area contributed by atoms with E-state index in [-0.39, 0.29) is 22.9 Å². The van der Waals surface area contributed by atoms with Crippen LogP contribution in [-0.2, 0) is 13.7 Å². The number of rotatable bonds is 6. The van der Waals surface area contributed by atoms with E-state index in [2.05, 4.69) is 15.5 Å². The number of aryl methyl sites for hydroxylation is 1. The molecule has 0 radical (unpaired) electrons. The lowest BCUT2D eigenvalue weighted by Gasteiger charge is -2.57. The molecule has 7 rings (SSSR count). The second-order valence-electron chi connectivity index (χ2n) is 11.3. The zero-order valence-electron chi connectivity index (χ0n) is 21.8. The van der Waals surface area contributed by atoms with Gasteiger partial charge in [-0.25, -0.2) is 5.10 Å². The summed E-state index contributed by atoms with van der Waals surface area (Å²) in [5, 5.41) is 13.0. The first kappa shape index (κ1) is 23.7. The maximum Gasteiger partial charge on any atom is 0.272 e. The van der Waals surface area contributed by atoms with Gasteiger partial charge < -0.3 is 14.6 Å². The van der Waals surface area contributed by atoms with E-state index in [1.54, 1.807) is 0 Å². The fourth-order valence-corrected chi connectivity index (χ4v) is 6.68. The van der Waals surface area contributed by atoms with Crippen molar-refractivity contribution >= 4 is 27.6 Å². The molecular weight excluding hydrogens is 488 g/mol. The molecule has 2 saturated carbocycles. The molecule has 5 aromatic rings. The molecule has 1 spiro atoms.